The lowest BCUT2D eigenvalue weighted by atomic mass is 10.1. The van der Waals surface area contributed by atoms with E-state index in [-0.39, 0.29) is 0 Å². The van der Waals surface area contributed by atoms with Gasteiger partial charge in [0.2, 0.25) is 5.78 Å². The number of hydrogen-bond acceptors (Lipinski definition) is 2. The normalized spacial score (nSPS) is 11.2. The maximum atomic E-state index is 4.61. The lowest BCUT2D eigenvalue weighted by Crippen LogP contribution is -1.96. The Labute approximate surface area is 116 Å². The molecule has 0 N–H and O–H groups in total. The van der Waals surface area contributed by atoms with E-state index in [1.54, 1.807) is 0 Å². The number of benzene rings is 2. The van der Waals surface area contributed by atoms with Gasteiger partial charge in [-0.15, -0.1) is 0 Å². The molecule has 0 aliphatic heterocycles. The zero-order chi connectivity index (χ0) is 13.5. The predicted octanol–water partition coefficient (Wildman–Crippen LogP) is 3.86. The average molecular weight is 259 g/mol. The van der Waals surface area contributed by atoms with E-state index < -0.39 is 0 Å². The van der Waals surface area contributed by atoms with Gasteiger partial charge in [0.25, 0.3) is 0 Å². The van der Waals surface area contributed by atoms with Crippen LogP contribution in [0.1, 0.15) is 5.69 Å². The van der Waals surface area contributed by atoms with Gasteiger partial charge in [-0.25, -0.2) is 9.97 Å². The number of fused-ring (bicyclic) bond motifs is 3. The number of nitrogens with zero attached hydrogens (tertiary/aromatic N) is 3. The molecule has 0 fully saturated rings. The molecule has 0 radical (unpaired) electrons. The summed E-state index contributed by atoms with van der Waals surface area (Å²) >= 11 is 0. The number of aromatic nitrogens is 3. The molecular weight excluding hydrogens is 246 g/mol. The number of aryl methyl sites for hydroxylation is 1. The Bertz CT molecular complexity index is 907. The summed E-state index contributed by atoms with van der Waals surface area (Å²) in [6.07, 6.45) is 0. The molecule has 0 saturated heterocycles. The fraction of sp³-hybridized carbons (Fsp3) is 0.0588. The zero-order valence-corrected chi connectivity index (χ0v) is 11.1. The molecule has 4 aromatic rings. The molecule has 96 valence electrons. The molecule has 0 unspecified atom stereocenters. The molecule has 2 heterocycles. The topological polar surface area (TPSA) is 30.2 Å². The highest BCUT2D eigenvalue weighted by Crippen LogP contribution is 2.25. The highest BCUT2D eigenvalue weighted by atomic mass is 15.1. The van der Waals surface area contributed by atoms with Gasteiger partial charge in [-0.1, -0.05) is 42.5 Å². The molecule has 2 aromatic carbocycles. The van der Waals surface area contributed by atoms with Crippen LogP contribution in [0.5, 0.6) is 0 Å². The fourth-order valence-electron chi connectivity index (χ4n) is 2.60. The van der Waals surface area contributed by atoms with E-state index in [4.69, 9.17) is 0 Å². The van der Waals surface area contributed by atoms with Crippen LogP contribution in [-0.2, 0) is 0 Å². The van der Waals surface area contributed by atoms with Crippen molar-refractivity contribution in [3.05, 3.63) is 66.4 Å². The summed E-state index contributed by atoms with van der Waals surface area (Å²) in [5.41, 5.74) is 5.34. The second kappa shape index (κ2) is 4.17. The van der Waals surface area contributed by atoms with E-state index in [0.29, 0.717) is 0 Å². The smallest absolute Gasteiger partial charge is 0.235 e. The molecule has 3 heteroatoms. The van der Waals surface area contributed by atoms with E-state index in [1.165, 1.54) is 5.56 Å². The molecule has 0 aliphatic carbocycles. The number of rotatable bonds is 1. The minimum absolute atomic E-state index is 0.755. The SMILES string of the molecule is Cc1cc(-c2ccccc2)n2c(n1)nc1ccccc12. The van der Waals surface area contributed by atoms with Crippen molar-refractivity contribution in [1.82, 2.24) is 14.4 Å². The fourth-order valence-corrected chi connectivity index (χ4v) is 2.60. The zero-order valence-electron chi connectivity index (χ0n) is 11.1. The Morgan fingerprint density at radius 3 is 2.45 bits per heavy atom. The van der Waals surface area contributed by atoms with Crippen molar-refractivity contribution < 1.29 is 0 Å². The summed E-state index contributed by atoms with van der Waals surface area (Å²) in [7, 11) is 0. The Hall–Kier alpha value is -2.68. The van der Waals surface area contributed by atoms with Gasteiger partial charge >= 0.3 is 0 Å². The molecule has 0 saturated carbocycles. The first-order chi connectivity index (χ1) is 9.83. The molecule has 20 heavy (non-hydrogen) atoms. The highest BCUT2D eigenvalue weighted by Gasteiger charge is 2.11. The van der Waals surface area contributed by atoms with E-state index in [9.17, 15) is 0 Å². The van der Waals surface area contributed by atoms with Gasteiger partial charge in [0, 0.05) is 5.69 Å². The number of para-hydroxylation sites is 2. The molecule has 2 aromatic heterocycles. The van der Waals surface area contributed by atoms with Crippen molar-refractivity contribution in [2.45, 2.75) is 6.92 Å². The van der Waals surface area contributed by atoms with Crippen LogP contribution in [0.2, 0.25) is 0 Å². The first-order valence-corrected chi connectivity index (χ1v) is 6.63. The van der Waals surface area contributed by atoms with Crippen molar-refractivity contribution in [2.24, 2.45) is 0 Å². The van der Waals surface area contributed by atoms with E-state index >= 15 is 0 Å². The van der Waals surface area contributed by atoms with Crippen molar-refractivity contribution in [2.75, 3.05) is 0 Å². The molecule has 4 rings (SSSR count). The summed E-state index contributed by atoms with van der Waals surface area (Å²) in [6, 6.07) is 20.6. The summed E-state index contributed by atoms with van der Waals surface area (Å²) in [6.45, 7) is 2.01. The van der Waals surface area contributed by atoms with Crippen LogP contribution in [0.4, 0.5) is 0 Å². The highest BCUT2D eigenvalue weighted by molar-refractivity contribution is 5.82. The van der Waals surface area contributed by atoms with Crippen LogP contribution in [-0.4, -0.2) is 14.4 Å². The Kier molecular flexibility index (Phi) is 2.33. The van der Waals surface area contributed by atoms with Gasteiger partial charge < -0.3 is 0 Å². The van der Waals surface area contributed by atoms with E-state index in [1.807, 2.05) is 31.2 Å². The molecule has 0 bridgehead atoms. The summed E-state index contributed by atoms with van der Waals surface area (Å²) < 4.78 is 2.12. The minimum atomic E-state index is 0.755. The number of imidazole rings is 1. The third-order valence-corrected chi connectivity index (χ3v) is 3.48. The number of hydrogen-bond donors (Lipinski definition) is 0. The van der Waals surface area contributed by atoms with E-state index in [2.05, 4.69) is 50.8 Å². The standard InChI is InChI=1S/C17H13N3/c1-12-11-16(13-7-3-2-4-8-13)20-15-10-6-5-9-14(15)19-17(20)18-12/h2-11H,1H3. The third-order valence-electron chi connectivity index (χ3n) is 3.48. The molecule has 0 atom stereocenters. The second-order valence-electron chi connectivity index (χ2n) is 4.88. The van der Waals surface area contributed by atoms with Gasteiger partial charge in [-0.2, -0.15) is 0 Å². The lowest BCUT2D eigenvalue weighted by molar-refractivity contribution is 1.09. The largest absolute Gasteiger partial charge is 0.276 e. The van der Waals surface area contributed by atoms with Gasteiger partial charge in [0.1, 0.15) is 0 Å². The van der Waals surface area contributed by atoms with Crippen LogP contribution in [0.25, 0.3) is 28.1 Å². The van der Waals surface area contributed by atoms with Gasteiger partial charge in [0.05, 0.1) is 16.7 Å². The Balaban J connectivity index is 2.19. The van der Waals surface area contributed by atoms with Crippen LogP contribution >= 0.6 is 0 Å². The first kappa shape index (κ1) is 11.2. The molecule has 0 aliphatic rings. The van der Waals surface area contributed by atoms with Crippen molar-refractivity contribution in [3.8, 4) is 11.3 Å². The molecular formula is C17H13N3. The Morgan fingerprint density at radius 1 is 0.850 bits per heavy atom. The molecule has 3 nitrogen and oxygen atoms in total. The van der Waals surface area contributed by atoms with Crippen molar-refractivity contribution >= 4 is 16.8 Å². The summed E-state index contributed by atoms with van der Waals surface area (Å²) in [4.78, 5) is 9.16. The second-order valence-corrected chi connectivity index (χ2v) is 4.88. The van der Waals surface area contributed by atoms with Gasteiger partial charge in [-0.05, 0) is 30.7 Å². The average Bonchev–Trinajstić information content (AvgIpc) is 2.85. The molecule has 0 amide bonds. The van der Waals surface area contributed by atoms with Crippen molar-refractivity contribution in [3.63, 3.8) is 0 Å². The molecule has 0 spiro atoms. The third kappa shape index (κ3) is 1.60. The quantitative estimate of drug-likeness (QED) is 0.519. The summed E-state index contributed by atoms with van der Waals surface area (Å²) in [5.74, 6) is 0.755. The monoisotopic (exact) mass is 259 g/mol. The lowest BCUT2D eigenvalue weighted by Gasteiger charge is -2.07. The van der Waals surface area contributed by atoms with Crippen LogP contribution in [0.3, 0.4) is 0 Å². The Morgan fingerprint density at radius 2 is 1.60 bits per heavy atom. The van der Waals surface area contributed by atoms with E-state index in [0.717, 1.165) is 28.2 Å². The minimum Gasteiger partial charge on any atom is -0.276 e. The predicted molar refractivity (Wildman–Crippen MR) is 80.7 cm³/mol. The van der Waals surface area contributed by atoms with Crippen LogP contribution in [0, 0.1) is 6.92 Å². The van der Waals surface area contributed by atoms with Gasteiger partial charge in [-0.3, -0.25) is 4.40 Å². The first-order valence-electron chi connectivity index (χ1n) is 6.63. The van der Waals surface area contributed by atoms with Crippen LogP contribution < -0.4 is 0 Å². The van der Waals surface area contributed by atoms with Gasteiger partial charge in [0.15, 0.2) is 0 Å². The summed E-state index contributed by atoms with van der Waals surface area (Å²) in [5, 5.41) is 0. The van der Waals surface area contributed by atoms with Crippen molar-refractivity contribution in [1.29, 1.82) is 0 Å². The maximum absolute atomic E-state index is 4.61. The maximum Gasteiger partial charge on any atom is 0.235 e. The van der Waals surface area contributed by atoms with Crippen LogP contribution in [0.15, 0.2) is 60.7 Å².